The number of nitrogens with zero attached hydrogens (tertiary/aromatic N) is 1. The van der Waals surface area contributed by atoms with Crippen LogP contribution in [-0.4, -0.2) is 24.3 Å². The maximum Gasteiger partial charge on any atom is 0.112 e. The fraction of sp³-hybridized carbons (Fsp3) is 0.455. The molecule has 3 nitrogen and oxygen atoms in total. The Hall–Kier alpha value is -0.130. The largest absolute Gasteiger partial charge is 0.303 e. The van der Waals surface area contributed by atoms with Gasteiger partial charge in [-0.05, 0) is 24.2 Å². The average molecular weight is 307 g/mol. The minimum atomic E-state index is -0.0318. The van der Waals surface area contributed by atoms with Crippen molar-refractivity contribution in [1.82, 2.24) is 10.2 Å². The van der Waals surface area contributed by atoms with Crippen molar-refractivity contribution in [1.29, 1.82) is 0 Å². The quantitative estimate of drug-likeness (QED) is 0.879. The molecule has 1 aliphatic rings. The van der Waals surface area contributed by atoms with Gasteiger partial charge in [0.2, 0.25) is 0 Å². The first-order chi connectivity index (χ1) is 7.22. The number of hydrogen-bond donors (Lipinski definition) is 2. The summed E-state index contributed by atoms with van der Waals surface area (Å²) in [5, 5.41) is 4.03. The van der Waals surface area contributed by atoms with Crippen molar-refractivity contribution in [2.24, 2.45) is 5.73 Å². The molecule has 0 aliphatic carbocycles. The van der Waals surface area contributed by atoms with Crippen LogP contribution in [0.2, 0.25) is 5.02 Å². The number of likely N-dealkylation sites (N-methyl/N-ethyl adjacent to an activating group) is 1. The monoisotopic (exact) mass is 305 g/mol. The van der Waals surface area contributed by atoms with E-state index in [4.69, 9.17) is 17.3 Å². The molecular weight excluding hydrogens is 289 g/mol. The highest BCUT2D eigenvalue weighted by Crippen LogP contribution is 2.25. The molecule has 1 fully saturated rings. The molecule has 1 heterocycles. The van der Waals surface area contributed by atoms with Crippen molar-refractivity contribution >= 4 is 28.6 Å². The van der Waals surface area contributed by atoms with Crippen LogP contribution in [0.5, 0.6) is 0 Å². The van der Waals surface area contributed by atoms with Crippen LogP contribution in [0.25, 0.3) is 0 Å². The third kappa shape index (κ3) is 2.76. The third-order valence-electron chi connectivity index (χ3n) is 2.90. The number of benzene rings is 1. The van der Waals surface area contributed by atoms with Gasteiger partial charge in [0, 0.05) is 11.6 Å². The number of hydrogen-bond acceptors (Lipinski definition) is 3. The Morgan fingerprint density at radius 2 is 2.06 bits per heavy atom. The first kappa shape index (κ1) is 13.9. The second-order valence-electron chi connectivity index (χ2n) is 3.75. The van der Waals surface area contributed by atoms with Gasteiger partial charge in [-0.15, -0.1) is 17.0 Å². The molecule has 0 aromatic heterocycles. The standard InChI is InChI=1S/C11H16ClN3.BrH/c1-2-15-10(7-14-11(15)13)8-3-5-9(12)6-4-8;/h3-6,10-11,14H,2,7,13H2,1H3;1H. The van der Waals surface area contributed by atoms with Crippen LogP contribution in [0, 0.1) is 0 Å². The average Bonchev–Trinajstić information content (AvgIpc) is 2.61. The van der Waals surface area contributed by atoms with E-state index in [1.807, 2.05) is 12.1 Å². The highest BCUT2D eigenvalue weighted by Gasteiger charge is 2.29. The molecule has 0 bridgehead atoms. The number of nitrogens with one attached hydrogen (secondary N) is 1. The molecule has 5 heteroatoms. The summed E-state index contributed by atoms with van der Waals surface area (Å²) in [6.07, 6.45) is -0.0318. The second-order valence-corrected chi connectivity index (χ2v) is 4.19. The van der Waals surface area contributed by atoms with Crippen molar-refractivity contribution in [2.75, 3.05) is 13.1 Å². The summed E-state index contributed by atoms with van der Waals surface area (Å²) in [7, 11) is 0. The first-order valence-corrected chi connectivity index (χ1v) is 5.60. The molecular formula is C11H17BrClN3. The minimum absolute atomic E-state index is 0. The molecule has 1 aromatic carbocycles. The van der Waals surface area contributed by atoms with Crippen LogP contribution in [0.3, 0.4) is 0 Å². The molecule has 0 radical (unpaired) electrons. The van der Waals surface area contributed by atoms with Crippen LogP contribution < -0.4 is 11.1 Å². The van der Waals surface area contributed by atoms with E-state index in [1.165, 1.54) is 5.56 Å². The lowest BCUT2D eigenvalue weighted by molar-refractivity contribution is 0.204. The topological polar surface area (TPSA) is 41.3 Å². The van der Waals surface area contributed by atoms with Crippen molar-refractivity contribution in [2.45, 2.75) is 19.3 Å². The SMILES string of the molecule is Br.CCN1C(N)NCC1c1ccc(Cl)cc1. The summed E-state index contributed by atoms with van der Waals surface area (Å²) in [4.78, 5) is 2.24. The Morgan fingerprint density at radius 3 is 2.62 bits per heavy atom. The zero-order chi connectivity index (χ0) is 10.8. The summed E-state index contributed by atoms with van der Waals surface area (Å²) in [6, 6.07) is 8.34. The molecule has 16 heavy (non-hydrogen) atoms. The van der Waals surface area contributed by atoms with Gasteiger partial charge in [-0.25, -0.2) is 0 Å². The molecule has 0 amide bonds. The summed E-state index contributed by atoms with van der Waals surface area (Å²) in [5.41, 5.74) is 7.20. The fourth-order valence-corrected chi connectivity index (χ4v) is 2.20. The molecule has 0 saturated carbocycles. The normalized spacial score (nSPS) is 25.4. The van der Waals surface area contributed by atoms with Gasteiger partial charge in [-0.2, -0.15) is 0 Å². The number of halogens is 2. The smallest absolute Gasteiger partial charge is 0.112 e. The summed E-state index contributed by atoms with van der Waals surface area (Å²) < 4.78 is 0. The van der Waals surface area contributed by atoms with Gasteiger partial charge in [-0.3, -0.25) is 10.2 Å². The molecule has 90 valence electrons. The van der Waals surface area contributed by atoms with Gasteiger partial charge in [0.15, 0.2) is 0 Å². The van der Waals surface area contributed by atoms with Crippen LogP contribution in [0.4, 0.5) is 0 Å². The Balaban J connectivity index is 0.00000128. The van der Waals surface area contributed by atoms with Gasteiger partial charge < -0.3 is 5.73 Å². The maximum atomic E-state index is 5.94. The molecule has 2 unspecified atom stereocenters. The van der Waals surface area contributed by atoms with Crippen molar-refractivity contribution in [3.05, 3.63) is 34.9 Å². The van der Waals surface area contributed by atoms with Crippen LogP contribution in [-0.2, 0) is 0 Å². The van der Waals surface area contributed by atoms with Gasteiger partial charge in [0.25, 0.3) is 0 Å². The molecule has 1 aliphatic heterocycles. The number of rotatable bonds is 2. The predicted molar refractivity (Wildman–Crippen MR) is 72.9 cm³/mol. The van der Waals surface area contributed by atoms with E-state index in [0.717, 1.165) is 18.1 Å². The van der Waals surface area contributed by atoms with E-state index in [1.54, 1.807) is 0 Å². The first-order valence-electron chi connectivity index (χ1n) is 5.22. The van der Waals surface area contributed by atoms with Crippen LogP contribution in [0.1, 0.15) is 18.5 Å². The lowest BCUT2D eigenvalue weighted by atomic mass is 10.1. The molecule has 1 aromatic rings. The third-order valence-corrected chi connectivity index (χ3v) is 3.15. The Morgan fingerprint density at radius 1 is 1.44 bits per heavy atom. The van der Waals surface area contributed by atoms with Crippen molar-refractivity contribution in [3.63, 3.8) is 0 Å². The van der Waals surface area contributed by atoms with Crippen molar-refractivity contribution in [3.8, 4) is 0 Å². The van der Waals surface area contributed by atoms with Gasteiger partial charge in [0.05, 0.1) is 6.04 Å². The molecule has 1 saturated heterocycles. The van der Waals surface area contributed by atoms with Crippen LogP contribution in [0.15, 0.2) is 24.3 Å². The highest BCUT2D eigenvalue weighted by molar-refractivity contribution is 8.93. The molecule has 0 spiro atoms. The van der Waals surface area contributed by atoms with Gasteiger partial charge in [-0.1, -0.05) is 30.7 Å². The second kappa shape index (κ2) is 5.98. The Kier molecular flexibility index (Phi) is 5.21. The van der Waals surface area contributed by atoms with Gasteiger partial charge in [0.1, 0.15) is 6.29 Å². The van der Waals surface area contributed by atoms with Crippen LogP contribution >= 0.6 is 28.6 Å². The number of nitrogens with two attached hydrogens (primary N) is 1. The van der Waals surface area contributed by atoms with Crippen molar-refractivity contribution < 1.29 is 0 Å². The lowest BCUT2D eigenvalue weighted by Crippen LogP contribution is -2.43. The Bertz CT molecular complexity index is 331. The molecule has 3 N–H and O–H groups in total. The summed E-state index contributed by atoms with van der Waals surface area (Å²) >= 11 is 5.86. The maximum absolute atomic E-state index is 5.94. The van der Waals surface area contributed by atoms with E-state index < -0.39 is 0 Å². The van der Waals surface area contributed by atoms with Gasteiger partial charge >= 0.3 is 0 Å². The molecule has 2 rings (SSSR count). The van der Waals surface area contributed by atoms with E-state index in [9.17, 15) is 0 Å². The Labute approximate surface area is 112 Å². The summed E-state index contributed by atoms with van der Waals surface area (Å²) in [5.74, 6) is 0. The predicted octanol–water partition coefficient (Wildman–Crippen LogP) is 2.13. The van der Waals surface area contributed by atoms with E-state index in [2.05, 4.69) is 29.3 Å². The zero-order valence-electron chi connectivity index (χ0n) is 9.19. The lowest BCUT2D eigenvalue weighted by Gasteiger charge is -2.25. The minimum Gasteiger partial charge on any atom is -0.303 e. The van der Waals surface area contributed by atoms with E-state index >= 15 is 0 Å². The summed E-state index contributed by atoms with van der Waals surface area (Å²) in [6.45, 7) is 3.97. The van der Waals surface area contributed by atoms with E-state index in [-0.39, 0.29) is 23.3 Å². The highest BCUT2D eigenvalue weighted by atomic mass is 79.9. The fourth-order valence-electron chi connectivity index (χ4n) is 2.07. The van der Waals surface area contributed by atoms with E-state index in [0.29, 0.717) is 6.04 Å². The molecule has 2 atom stereocenters. The zero-order valence-corrected chi connectivity index (χ0v) is 11.7.